The third-order valence-electron chi connectivity index (χ3n) is 4.10. The van der Waals surface area contributed by atoms with Crippen LogP contribution in [0.3, 0.4) is 0 Å². The van der Waals surface area contributed by atoms with Crippen LogP contribution >= 0.6 is 0 Å². The first kappa shape index (κ1) is 13.3. The van der Waals surface area contributed by atoms with Crippen molar-refractivity contribution in [1.82, 2.24) is 10.2 Å². The van der Waals surface area contributed by atoms with Gasteiger partial charge in [0.1, 0.15) is 0 Å². The Morgan fingerprint density at radius 1 is 1.33 bits per heavy atom. The summed E-state index contributed by atoms with van der Waals surface area (Å²) in [5.74, 6) is 0.833. The predicted octanol–water partition coefficient (Wildman–Crippen LogP) is 0.100. The van der Waals surface area contributed by atoms with Crippen LogP contribution in [0.5, 0.6) is 0 Å². The maximum atomic E-state index is 12.4. The van der Waals surface area contributed by atoms with Crippen molar-refractivity contribution in [3.63, 3.8) is 0 Å². The summed E-state index contributed by atoms with van der Waals surface area (Å²) in [6, 6.07) is 0. The van der Waals surface area contributed by atoms with Crippen LogP contribution in [-0.2, 0) is 9.59 Å². The van der Waals surface area contributed by atoms with Crippen LogP contribution in [-0.4, -0.2) is 42.9 Å². The summed E-state index contributed by atoms with van der Waals surface area (Å²) in [5, 5.41) is 2.80. The molecule has 0 bridgehead atoms. The van der Waals surface area contributed by atoms with Crippen LogP contribution in [0.2, 0.25) is 0 Å². The summed E-state index contributed by atoms with van der Waals surface area (Å²) in [4.78, 5) is 25.6. The summed E-state index contributed by atoms with van der Waals surface area (Å²) in [7, 11) is 0. The van der Waals surface area contributed by atoms with Crippen molar-refractivity contribution in [2.75, 3.05) is 26.2 Å². The van der Waals surface area contributed by atoms with Crippen LogP contribution in [0.15, 0.2) is 0 Å². The highest BCUT2D eigenvalue weighted by Crippen LogP contribution is 2.29. The van der Waals surface area contributed by atoms with Crippen molar-refractivity contribution in [3.8, 4) is 0 Å². The first-order valence-corrected chi connectivity index (χ1v) is 6.96. The van der Waals surface area contributed by atoms with Gasteiger partial charge in [-0.1, -0.05) is 0 Å². The number of nitrogens with zero attached hydrogens (tertiary/aromatic N) is 1. The summed E-state index contributed by atoms with van der Waals surface area (Å²) in [5.41, 5.74) is 5.66. The monoisotopic (exact) mass is 253 g/mol. The molecule has 1 saturated heterocycles. The second-order valence-corrected chi connectivity index (χ2v) is 5.42. The fraction of sp³-hybridized carbons (Fsp3) is 0.846. The molecule has 3 N–H and O–H groups in total. The largest absolute Gasteiger partial charge is 0.354 e. The Morgan fingerprint density at radius 2 is 2.06 bits per heavy atom. The fourth-order valence-corrected chi connectivity index (χ4v) is 2.90. The fourth-order valence-electron chi connectivity index (χ4n) is 2.90. The maximum absolute atomic E-state index is 12.4. The molecular weight excluding hydrogens is 230 g/mol. The van der Waals surface area contributed by atoms with Crippen molar-refractivity contribution in [2.45, 2.75) is 32.1 Å². The van der Waals surface area contributed by atoms with Crippen LogP contribution in [0.4, 0.5) is 0 Å². The molecule has 2 fully saturated rings. The van der Waals surface area contributed by atoms with Gasteiger partial charge < -0.3 is 16.0 Å². The van der Waals surface area contributed by atoms with Gasteiger partial charge in [-0.2, -0.15) is 0 Å². The third-order valence-corrected chi connectivity index (χ3v) is 4.10. The highest BCUT2D eigenvalue weighted by Gasteiger charge is 2.30. The lowest BCUT2D eigenvalue weighted by molar-refractivity contribution is -0.139. The molecule has 5 heteroatoms. The molecule has 102 valence electrons. The van der Waals surface area contributed by atoms with E-state index in [4.69, 9.17) is 5.73 Å². The Labute approximate surface area is 108 Å². The Bertz CT molecular complexity index is 311. The Kier molecular flexibility index (Phi) is 4.58. The average molecular weight is 253 g/mol. The molecule has 0 atom stereocenters. The molecule has 0 unspecified atom stereocenters. The number of nitrogens with two attached hydrogens (primary N) is 1. The van der Waals surface area contributed by atoms with E-state index in [9.17, 15) is 9.59 Å². The molecule has 5 nitrogen and oxygen atoms in total. The van der Waals surface area contributed by atoms with Gasteiger partial charge in [-0.3, -0.25) is 9.59 Å². The van der Waals surface area contributed by atoms with Crippen LogP contribution in [0.25, 0.3) is 0 Å². The van der Waals surface area contributed by atoms with E-state index in [1.54, 1.807) is 4.90 Å². The van der Waals surface area contributed by atoms with E-state index in [1.165, 1.54) is 0 Å². The number of nitrogens with one attached hydrogen (secondary N) is 1. The third kappa shape index (κ3) is 3.22. The highest BCUT2D eigenvalue weighted by molar-refractivity contribution is 5.86. The molecule has 1 aliphatic heterocycles. The van der Waals surface area contributed by atoms with Gasteiger partial charge >= 0.3 is 0 Å². The van der Waals surface area contributed by atoms with Gasteiger partial charge in [0.15, 0.2) is 0 Å². The molecule has 1 aliphatic carbocycles. The van der Waals surface area contributed by atoms with E-state index in [1.807, 2.05) is 0 Å². The smallest absolute Gasteiger partial charge is 0.239 e. The minimum atomic E-state index is -0.0310. The van der Waals surface area contributed by atoms with Gasteiger partial charge in [0, 0.05) is 19.0 Å². The molecule has 1 heterocycles. The van der Waals surface area contributed by atoms with Gasteiger partial charge in [-0.05, 0) is 44.6 Å². The van der Waals surface area contributed by atoms with Crippen molar-refractivity contribution in [3.05, 3.63) is 0 Å². The zero-order chi connectivity index (χ0) is 13.0. The molecule has 1 saturated carbocycles. The number of hydrogen-bond donors (Lipinski definition) is 2. The van der Waals surface area contributed by atoms with E-state index in [0.29, 0.717) is 19.0 Å². The number of carbonyl (C=O) groups is 2. The standard InChI is InChI=1S/C13H23N3O2/c14-8-10-2-4-11(5-3-10)13(18)16-7-1-6-15-12(17)9-16/h10-11H,1-9,14H2,(H,15,17). The lowest BCUT2D eigenvalue weighted by atomic mass is 9.81. The topological polar surface area (TPSA) is 75.4 Å². The second-order valence-electron chi connectivity index (χ2n) is 5.42. The first-order valence-electron chi connectivity index (χ1n) is 6.96. The van der Waals surface area contributed by atoms with E-state index in [2.05, 4.69) is 5.32 Å². The highest BCUT2D eigenvalue weighted by atomic mass is 16.2. The van der Waals surface area contributed by atoms with Crippen LogP contribution < -0.4 is 11.1 Å². The minimum Gasteiger partial charge on any atom is -0.354 e. The number of amides is 2. The molecule has 2 amide bonds. The van der Waals surface area contributed by atoms with Gasteiger partial charge in [0.2, 0.25) is 11.8 Å². The van der Waals surface area contributed by atoms with Crippen LogP contribution in [0.1, 0.15) is 32.1 Å². The molecule has 0 aromatic rings. The van der Waals surface area contributed by atoms with Gasteiger partial charge in [0.05, 0.1) is 6.54 Å². The van der Waals surface area contributed by atoms with Crippen molar-refractivity contribution >= 4 is 11.8 Å². The predicted molar refractivity (Wildman–Crippen MR) is 68.7 cm³/mol. The van der Waals surface area contributed by atoms with Gasteiger partial charge in [-0.15, -0.1) is 0 Å². The van der Waals surface area contributed by atoms with Gasteiger partial charge in [0.25, 0.3) is 0 Å². The molecule has 0 aromatic heterocycles. The molecule has 18 heavy (non-hydrogen) atoms. The van der Waals surface area contributed by atoms with E-state index in [-0.39, 0.29) is 24.3 Å². The first-order chi connectivity index (χ1) is 8.70. The summed E-state index contributed by atoms with van der Waals surface area (Å²) in [6.07, 6.45) is 4.81. The number of hydrogen-bond acceptors (Lipinski definition) is 3. The Hall–Kier alpha value is -1.10. The zero-order valence-corrected chi connectivity index (χ0v) is 10.9. The zero-order valence-electron chi connectivity index (χ0n) is 10.9. The minimum absolute atomic E-state index is 0.0310. The summed E-state index contributed by atoms with van der Waals surface area (Å²) < 4.78 is 0. The van der Waals surface area contributed by atoms with Gasteiger partial charge in [-0.25, -0.2) is 0 Å². The lowest BCUT2D eigenvalue weighted by Gasteiger charge is -2.30. The molecule has 0 radical (unpaired) electrons. The molecule has 0 aromatic carbocycles. The SMILES string of the molecule is NCC1CCC(C(=O)N2CCCNC(=O)C2)CC1. The molecule has 2 rings (SSSR count). The lowest BCUT2D eigenvalue weighted by Crippen LogP contribution is -2.42. The maximum Gasteiger partial charge on any atom is 0.239 e. The number of rotatable bonds is 2. The van der Waals surface area contributed by atoms with E-state index >= 15 is 0 Å². The summed E-state index contributed by atoms with van der Waals surface area (Å²) in [6.45, 7) is 2.35. The quantitative estimate of drug-likeness (QED) is 0.733. The van der Waals surface area contributed by atoms with Crippen molar-refractivity contribution in [1.29, 1.82) is 0 Å². The summed E-state index contributed by atoms with van der Waals surface area (Å²) >= 11 is 0. The second kappa shape index (κ2) is 6.18. The number of carbonyl (C=O) groups excluding carboxylic acids is 2. The molecule has 0 spiro atoms. The molecular formula is C13H23N3O2. The Balaban J connectivity index is 1.88. The van der Waals surface area contributed by atoms with E-state index < -0.39 is 0 Å². The van der Waals surface area contributed by atoms with Crippen molar-refractivity contribution < 1.29 is 9.59 Å². The Morgan fingerprint density at radius 3 is 2.72 bits per heavy atom. The van der Waals surface area contributed by atoms with Crippen LogP contribution in [0, 0.1) is 11.8 Å². The van der Waals surface area contributed by atoms with Crippen molar-refractivity contribution in [2.24, 2.45) is 17.6 Å². The normalized spacial score (nSPS) is 29.6. The average Bonchev–Trinajstić information content (AvgIpc) is 2.63. The van der Waals surface area contributed by atoms with E-state index in [0.717, 1.165) is 38.6 Å². The molecule has 2 aliphatic rings.